The largest absolute Gasteiger partial charge is 0.508 e. The summed E-state index contributed by atoms with van der Waals surface area (Å²) < 4.78 is 27.9. The summed E-state index contributed by atoms with van der Waals surface area (Å²) in [5.41, 5.74) is -3.64. The van der Waals surface area contributed by atoms with Crippen LogP contribution in [0, 0.1) is 0 Å². The lowest BCUT2D eigenvalue weighted by molar-refractivity contribution is -0.301. The third-order valence-corrected chi connectivity index (χ3v) is 6.32. The van der Waals surface area contributed by atoms with Gasteiger partial charge in [0.1, 0.15) is 28.2 Å². The van der Waals surface area contributed by atoms with Crippen molar-refractivity contribution in [2.45, 2.75) is 57.9 Å². The zero-order valence-electron chi connectivity index (χ0n) is 21.7. The van der Waals surface area contributed by atoms with Gasteiger partial charge in [-0.15, -0.1) is 0 Å². The fourth-order valence-corrected chi connectivity index (χ4v) is 4.55. The van der Waals surface area contributed by atoms with Crippen molar-refractivity contribution < 1.29 is 58.2 Å². The van der Waals surface area contributed by atoms with Crippen LogP contribution in [-0.4, -0.2) is 68.4 Å². The zero-order valence-corrected chi connectivity index (χ0v) is 21.7. The molecule has 4 rings (SSSR count). The number of fused-ring (bicyclic) bond motifs is 1. The fraction of sp³-hybridized carbons (Fsp3) is 0.333. The van der Waals surface area contributed by atoms with Crippen LogP contribution < -0.4 is 10.2 Å². The predicted octanol–water partition coefficient (Wildman–Crippen LogP) is 1.88. The number of ketones is 1. The van der Waals surface area contributed by atoms with Crippen molar-refractivity contribution in [2.24, 2.45) is 0 Å². The smallest absolute Gasteiger partial charge is 0.303 e. The molecule has 212 valence electrons. The van der Waals surface area contributed by atoms with Crippen LogP contribution in [0.15, 0.2) is 45.6 Å². The second-order valence-corrected chi connectivity index (χ2v) is 9.24. The summed E-state index contributed by atoms with van der Waals surface area (Å²) in [6.45, 7) is 4.39. The lowest BCUT2D eigenvalue weighted by atomic mass is 9.81. The molecule has 0 saturated carbocycles. The average Bonchev–Trinajstić information content (AvgIpc) is 2.85. The van der Waals surface area contributed by atoms with Gasteiger partial charge in [0.15, 0.2) is 17.6 Å². The van der Waals surface area contributed by atoms with E-state index >= 15 is 0 Å². The molecular weight excluding hydrogens is 532 g/mol. The van der Waals surface area contributed by atoms with E-state index in [2.05, 4.69) is 0 Å². The number of ether oxygens (including phenoxy) is 4. The Hall–Kier alpha value is -4.62. The van der Waals surface area contributed by atoms with Gasteiger partial charge in [0.05, 0.1) is 6.10 Å². The van der Waals surface area contributed by atoms with E-state index in [1.165, 1.54) is 31.2 Å². The molecule has 0 aliphatic carbocycles. The molecule has 0 amide bonds. The number of aromatic hydroxyl groups is 3. The first-order valence-corrected chi connectivity index (χ1v) is 12.0. The summed E-state index contributed by atoms with van der Waals surface area (Å²) in [5, 5.41) is 41.2. The molecule has 2 aromatic carbocycles. The molecule has 0 bridgehead atoms. The normalized spacial score (nSPS) is 24.3. The maximum atomic E-state index is 13.7. The number of phenolic OH excluding ortho intramolecular Hbond substituents is 3. The molecular formula is C27H26O13. The summed E-state index contributed by atoms with van der Waals surface area (Å²) >= 11 is 0. The lowest BCUT2D eigenvalue weighted by Gasteiger charge is -2.47. The summed E-state index contributed by atoms with van der Waals surface area (Å²) in [6.07, 6.45) is -6.62. The quantitative estimate of drug-likeness (QED) is 0.320. The van der Waals surface area contributed by atoms with Crippen molar-refractivity contribution in [3.05, 3.63) is 46.6 Å². The first kappa shape index (κ1) is 28.4. The van der Waals surface area contributed by atoms with Crippen LogP contribution in [-0.2, 0) is 28.6 Å². The minimum absolute atomic E-state index is 0.105. The van der Waals surface area contributed by atoms with E-state index in [1.54, 1.807) is 0 Å². The van der Waals surface area contributed by atoms with Gasteiger partial charge < -0.3 is 43.8 Å². The van der Waals surface area contributed by atoms with Crippen LogP contribution in [0.2, 0.25) is 0 Å². The van der Waals surface area contributed by atoms with E-state index in [9.17, 15) is 39.6 Å². The first-order valence-electron chi connectivity index (χ1n) is 12.0. The van der Waals surface area contributed by atoms with Crippen molar-refractivity contribution in [1.82, 2.24) is 0 Å². The molecule has 0 unspecified atom stereocenters. The number of esters is 2. The number of Topliss-reactive ketones (excluding diaryl/α,β-unsaturated/α-hetero) is 1. The Morgan fingerprint density at radius 1 is 0.900 bits per heavy atom. The molecule has 13 nitrogen and oxygen atoms in total. The second kappa shape index (κ2) is 10.5. The molecule has 40 heavy (non-hydrogen) atoms. The van der Waals surface area contributed by atoms with Gasteiger partial charge >= 0.3 is 11.9 Å². The SMILES string of the molecule is CC(=O)O[C@H]1[C@H](Oc2c(-c3ccc(O)cc3)oc3cc(O)cc(O)c3c2=O)O[C@@H](C)[C@H](OC(C)=O)[C@]1(O)C(C)=O. The molecule has 1 saturated heterocycles. The Bertz CT molecular complexity index is 1540. The number of carbonyl (C=O) groups excluding carboxylic acids is 3. The molecule has 1 aliphatic rings. The number of phenols is 3. The van der Waals surface area contributed by atoms with Gasteiger partial charge in [0.2, 0.25) is 29.2 Å². The topological polar surface area (TPSA) is 199 Å². The molecule has 5 atom stereocenters. The first-order chi connectivity index (χ1) is 18.7. The van der Waals surface area contributed by atoms with E-state index in [4.69, 9.17) is 23.4 Å². The number of hydrogen-bond donors (Lipinski definition) is 4. The standard InChI is InChI=1S/C27H26O13/c1-11-24(37-13(3)29)27(35,12(2)28)25(38-14(4)30)26(36-11)40-23-21(34)20-18(33)9-17(32)10-19(20)39-22(23)15-5-7-16(31)8-6-15/h5-11,24-26,31-33,35H,1-4H3/t11-,24-,25-,26-,27+/m0/s1. The van der Waals surface area contributed by atoms with E-state index in [0.29, 0.717) is 0 Å². The average molecular weight is 558 g/mol. The van der Waals surface area contributed by atoms with E-state index in [0.717, 1.165) is 32.9 Å². The third-order valence-electron chi connectivity index (χ3n) is 6.32. The Kier molecular flexibility index (Phi) is 7.46. The molecule has 4 N–H and O–H groups in total. The second-order valence-electron chi connectivity index (χ2n) is 9.24. The van der Waals surface area contributed by atoms with Crippen molar-refractivity contribution in [1.29, 1.82) is 0 Å². The van der Waals surface area contributed by atoms with E-state index in [-0.39, 0.29) is 28.0 Å². The van der Waals surface area contributed by atoms with Crippen molar-refractivity contribution >= 4 is 28.7 Å². The minimum atomic E-state index is -2.66. The molecule has 1 fully saturated rings. The zero-order chi connectivity index (χ0) is 29.5. The van der Waals surface area contributed by atoms with E-state index in [1.807, 2.05) is 0 Å². The monoisotopic (exact) mass is 558 g/mol. The highest BCUT2D eigenvalue weighted by molar-refractivity contribution is 5.89. The van der Waals surface area contributed by atoms with Gasteiger partial charge in [0.25, 0.3) is 0 Å². The summed E-state index contributed by atoms with van der Waals surface area (Å²) in [7, 11) is 0. The predicted molar refractivity (Wildman–Crippen MR) is 135 cm³/mol. The number of hydrogen-bond acceptors (Lipinski definition) is 13. The number of carbonyl (C=O) groups is 3. The summed E-state index contributed by atoms with van der Waals surface area (Å²) in [6, 6.07) is 7.34. The maximum Gasteiger partial charge on any atom is 0.303 e. The van der Waals surface area contributed by atoms with Crippen molar-refractivity contribution in [2.75, 3.05) is 0 Å². The van der Waals surface area contributed by atoms with Crippen molar-refractivity contribution in [3.8, 4) is 34.3 Å². The number of benzene rings is 2. The molecule has 0 radical (unpaired) electrons. The van der Waals surface area contributed by atoms with Crippen molar-refractivity contribution in [3.63, 3.8) is 0 Å². The highest BCUT2D eigenvalue weighted by Gasteiger charge is 2.62. The van der Waals surface area contributed by atoms with Crippen LogP contribution in [0.4, 0.5) is 0 Å². The van der Waals surface area contributed by atoms with Gasteiger partial charge in [-0.05, 0) is 38.1 Å². The van der Waals surface area contributed by atoms with Gasteiger partial charge in [-0.1, -0.05) is 0 Å². The summed E-state index contributed by atoms with van der Waals surface area (Å²) in [5.74, 6) is -4.77. The highest BCUT2D eigenvalue weighted by Crippen LogP contribution is 2.40. The highest BCUT2D eigenvalue weighted by atomic mass is 16.7. The van der Waals surface area contributed by atoms with Gasteiger partial charge in [-0.3, -0.25) is 19.2 Å². The Balaban J connectivity index is 1.94. The minimum Gasteiger partial charge on any atom is -0.508 e. The molecule has 3 aromatic rings. The van der Waals surface area contributed by atoms with Gasteiger partial charge in [-0.2, -0.15) is 0 Å². The molecule has 13 heteroatoms. The van der Waals surface area contributed by atoms with E-state index < -0.39 is 70.6 Å². The third kappa shape index (κ3) is 5.03. The van der Waals surface area contributed by atoms with Gasteiger partial charge in [0, 0.05) is 31.5 Å². The Morgan fingerprint density at radius 3 is 2.08 bits per heavy atom. The number of aliphatic hydroxyl groups is 1. The molecule has 0 spiro atoms. The number of rotatable bonds is 6. The van der Waals surface area contributed by atoms with Crippen LogP contribution in [0.25, 0.3) is 22.3 Å². The van der Waals surface area contributed by atoms with Crippen LogP contribution >= 0.6 is 0 Å². The fourth-order valence-electron chi connectivity index (χ4n) is 4.55. The molecule has 1 aliphatic heterocycles. The lowest BCUT2D eigenvalue weighted by Crippen LogP contribution is -2.71. The van der Waals surface area contributed by atoms with Gasteiger partial charge in [-0.25, -0.2) is 0 Å². The van der Waals surface area contributed by atoms with Crippen LogP contribution in [0.5, 0.6) is 23.0 Å². The van der Waals surface area contributed by atoms with Crippen LogP contribution in [0.3, 0.4) is 0 Å². The molecule has 1 aromatic heterocycles. The molecule has 2 heterocycles. The summed E-state index contributed by atoms with van der Waals surface area (Å²) in [4.78, 5) is 50.3. The maximum absolute atomic E-state index is 13.7. The Labute approximate surface area is 226 Å². The Morgan fingerprint density at radius 2 is 1.50 bits per heavy atom. The van der Waals surface area contributed by atoms with Crippen LogP contribution in [0.1, 0.15) is 27.7 Å².